The van der Waals surface area contributed by atoms with E-state index in [1.54, 1.807) is 12.1 Å². The first kappa shape index (κ1) is 13.7. The number of amides is 2. The second-order valence-electron chi connectivity index (χ2n) is 4.40. The van der Waals surface area contributed by atoms with Crippen LogP contribution in [0.3, 0.4) is 0 Å². The molecule has 22 heavy (non-hydrogen) atoms. The molecule has 1 aliphatic rings. The van der Waals surface area contributed by atoms with Crippen LogP contribution in [-0.2, 0) is 4.84 Å². The summed E-state index contributed by atoms with van der Waals surface area (Å²) in [7, 11) is 1.38. The van der Waals surface area contributed by atoms with Crippen molar-refractivity contribution in [2.75, 3.05) is 7.11 Å². The molecule has 0 saturated carbocycles. The normalized spacial score (nSPS) is 13.0. The Morgan fingerprint density at radius 2 is 1.73 bits per heavy atom. The first-order chi connectivity index (χ1) is 10.6. The van der Waals surface area contributed by atoms with Crippen LogP contribution in [0.25, 0.3) is 0 Å². The predicted octanol–water partition coefficient (Wildman–Crippen LogP) is 1.46. The molecule has 3 rings (SSSR count). The lowest BCUT2D eigenvalue weighted by Gasteiger charge is -2.13. The van der Waals surface area contributed by atoms with Crippen LogP contribution in [0.1, 0.15) is 31.1 Å². The minimum atomic E-state index is -0.903. The number of methoxy groups -OCH3 is 1. The summed E-state index contributed by atoms with van der Waals surface area (Å²) < 4.78 is 5.02. The van der Waals surface area contributed by atoms with E-state index in [2.05, 4.69) is 4.98 Å². The second-order valence-corrected chi connectivity index (χ2v) is 4.40. The van der Waals surface area contributed by atoms with Crippen molar-refractivity contribution < 1.29 is 24.0 Å². The molecule has 0 N–H and O–H groups in total. The van der Waals surface area contributed by atoms with Crippen molar-refractivity contribution in [3.05, 3.63) is 59.4 Å². The molecular weight excluding hydrogens is 288 g/mol. The minimum absolute atomic E-state index is 0.0153. The molecule has 2 heterocycles. The fraction of sp³-hybridized carbons (Fsp3) is 0.0667. The SMILES string of the molecule is COc1ccncc1C(=O)ON1C(=O)c2ccccc2C1=O. The number of pyridine rings is 1. The molecule has 1 aromatic heterocycles. The van der Waals surface area contributed by atoms with E-state index in [0.717, 1.165) is 0 Å². The zero-order chi connectivity index (χ0) is 15.7. The van der Waals surface area contributed by atoms with E-state index < -0.39 is 17.8 Å². The average molecular weight is 298 g/mol. The van der Waals surface area contributed by atoms with Gasteiger partial charge >= 0.3 is 5.97 Å². The Labute approximate surface area is 125 Å². The smallest absolute Gasteiger partial charge is 0.369 e. The van der Waals surface area contributed by atoms with Gasteiger partial charge in [-0.05, 0) is 18.2 Å². The predicted molar refractivity (Wildman–Crippen MR) is 73.1 cm³/mol. The Bertz CT molecular complexity index is 752. The van der Waals surface area contributed by atoms with E-state index in [-0.39, 0.29) is 22.4 Å². The molecule has 1 aliphatic heterocycles. The third-order valence-corrected chi connectivity index (χ3v) is 3.15. The number of ether oxygens (including phenoxy) is 1. The number of hydroxylamine groups is 2. The van der Waals surface area contributed by atoms with E-state index in [1.165, 1.54) is 37.7 Å². The van der Waals surface area contributed by atoms with Crippen molar-refractivity contribution in [3.63, 3.8) is 0 Å². The zero-order valence-corrected chi connectivity index (χ0v) is 11.5. The number of benzene rings is 1. The van der Waals surface area contributed by atoms with Crippen LogP contribution in [0.4, 0.5) is 0 Å². The number of fused-ring (bicyclic) bond motifs is 1. The molecule has 110 valence electrons. The highest BCUT2D eigenvalue weighted by Crippen LogP contribution is 2.24. The highest BCUT2D eigenvalue weighted by Gasteiger charge is 2.39. The van der Waals surface area contributed by atoms with Crippen molar-refractivity contribution >= 4 is 17.8 Å². The topological polar surface area (TPSA) is 85.8 Å². The first-order valence-corrected chi connectivity index (χ1v) is 6.31. The molecule has 0 fully saturated rings. The van der Waals surface area contributed by atoms with Gasteiger partial charge in [0.1, 0.15) is 11.3 Å². The van der Waals surface area contributed by atoms with Crippen LogP contribution < -0.4 is 4.74 Å². The van der Waals surface area contributed by atoms with E-state index in [9.17, 15) is 14.4 Å². The number of rotatable bonds is 3. The highest BCUT2D eigenvalue weighted by atomic mass is 16.7. The van der Waals surface area contributed by atoms with Crippen LogP contribution in [0.15, 0.2) is 42.7 Å². The van der Waals surface area contributed by atoms with E-state index in [1.807, 2.05) is 0 Å². The summed E-state index contributed by atoms with van der Waals surface area (Å²) >= 11 is 0. The number of hydrogen-bond acceptors (Lipinski definition) is 6. The van der Waals surface area contributed by atoms with Crippen molar-refractivity contribution in [1.82, 2.24) is 10.0 Å². The number of aromatic nitrogens is 1. The Morgan fingerprint density at radius 3 is 2.32 bits per heavy atom. The quantitative estimate of drug-likeness (QED) is 0.797. The summed E-state index contributed by atoms with van der Waals surface area (Å²) in [6.07, 6.45) is 2.68. The monoisotopic (exact) mass is 298 g/mol. The van der Waals surface area contributed by atoms with Gasteiger partial charge in [0.25, 0.3) is 11.8 Å². The summed E-state index contributed by atoms with van der Waals surface area (Å²) in [5.41, 5.74) is 0.401. The molecule has 2 aromatic rings. The molecular formula is C15H10N2O5. The Hall–Kier alpha value is -3.22. The van der Waals surface area contributed by atoms with Gasteiger partial charge in [0.15, 0.2) is 0 Å². The van der Waals surface area contributed by atoms with Crippen molar-refractivity contribution in [2.24, 2.45) is 0 Å². The molecule has 7 nitrogen and oxygen atoms in total. The van der Waals surface area contributed by atoms with Gasteiger partial charge in [-0.1, -0.05) is 17.2 Å². The maximum atomic E-state index is 12.1. The van der Waals surface area contributed by atoms with Crippen molar-refractivity contribution in [1.29, 1.82) is 0 Å². The Balaban J connectivity index is 1.87. The number of carbonyl (C=O) groups is 3. The molecule has 0 atom stereocenters. The third kappa shape index (κ3) is 2.08. The van der Waals surface area contributed by atoms with Crippen LogP contribution in [0.5, 0.6) is 5.75 Å². The number of imide groups is 1. The van der Waals surface area contributed by atoms with Gasteiger partial charge in [-0.2, -0.15) is 0 Å². The molecule has 0 saturated heterocycles. The van der Waals surface area contributed by atoms with Crippen LogP contribution in [0, 0.1) is 0 Å². The van der Waals surface area contributed by atoms with Gasteiger partial charge in [0, 0.05) is 12.4 Å². The number of hydrogen-bond donors (Lipinski definition) is 0. The van der Waals surface area contributed by atoms with E-state index >= 15 is 0 Å². The number of nitrogens with zero attached hydrogens (tertiary/aromatic N) is 2. The molecule has 2 amide bonds. The standard InChI is InChI=1S/C15H10N2O5/c1-21-12-6-7-16-8-11(12)15(20)22-17-13(18)9-4-2-3-5-10(9)14(17)19/h2-8H,1H3. The minimum Gasteiger partial charge on any atom is -0.496 e. The third-order valence-electron chi connectivity index (χ3n) is 3.15. The van der Waals surface area contributed by atoms with Crippen LogP contribution in [0.2, 0.25) is 0 Å². The van der Waals surface area contributed by atoms with Crippen molar-refractivity contribution in [3.8, 4) is 5.75 Å². The summed E-state index contributed by atoms with van der Waals surface area (Å²) in [5.74, 6) is -2.04. The maximum absolute atomic E-state index is 12.1. The second kappa shape index (κ2) is 5.28. The summed E-state index contributed by atoms with van der Waals surface area (Å²) in [6, 6.07) is 7.71. The van der Waals surface area contributed by atoms with Gasteiger partial charge < -0.3 is 9.57 Å². The fourth-order valence-electron chi connectivity index (χ4n) is 2.10. The molecule has 0 spiro atoms. The summed E-state index contributed by atoms with van der Waals surface area (Å²) in [6.45, 7) is 0. The summed E-state index contributed by atoms with van der Waals surface area (Å²) in [5, 5.41) is 0.444. The lowest BCUT2D eigenvalue weighted by Crippen LogP contribution is -2.32. The molecule has 0 radical (unpaired) electrons. The first-order valence-electron chi connectivity index (χ1n) is 6.31. The van der Waals surface area contributed by atoms with Gasteiger partial charge in [-0.3, -0.25) is 14.6 Å². The van der Waals surface area contributed by atoms with Crippen LogP contribution in [-0.4, -0.2) is 34.9 Å². The Kier molecular flexibility index (Phi) is 3.30. The highest BCUT2D eigenvalue weighted by molar-refractivity contribution is 6.21. The summed E-state index contributed by atoms with van der Waals surface area (Å²) in [4.78, 5) is 45.1. The largest absolute Gasteiger partial charge is 0.496 e. The van der Waals surface area contributed by atoms with Gasteiger partial charge in [0.05, 0.1) is 18.2 Å². The number of carbonyl (C=O) groups excluding carboxylic acids is 3. The average Bonchev–Trinajstić information content (AvgIpc) is 2.80. The maximum Gasteiger partial charge on any atom is 0.369 e. The molecule has 0 aliphatic carbocycles. The van der Waals surface area contributed by atoms with Crippen molar-refractivity contribution in [2.45, 2.75) is 0 Å². The van der Waals surface area contributed by atoms with Gasteiger partial charge in [-0.15, -0.1) is 0 Å². The van der Waals surface area contributed by atoms with E-state index in [4.69, 9.17) is 9.57 Å². The lowest BCUT2D eigenvalue weighted by atomic mass is 10.1. The Morgan fingerprint density at radius 1 is 1.09 bits per heavy atom. The fourth-order valence-corrected chi connectivity index (χ4v) is 2.10. The van der Waals surface area contributed by atoms with Crippen LogP contribution >= 0.6 is 0 Å². The molecule has 0 bridgehead atoms. The molecule has 0 unspecified atom stereocenters. The van der Waals surface area contributed by atoms with E-state index in [0.29, 0.717) is 5.06 Å². The van der Waals surface area contributed by atoms with Gasteiger partial charge in [0.2, 0.25) is 0 Å². The molecule has 7 heteroatoms. The lowest BCUT2D eigenvalue weighted by molar-refractivity contribution is -0.0586. The van der Waals surface area contributed by atoms with Gasteiger partial charge in [-0.25, -0.2) is 4.79 Å². The zero-order valence-electron chi connectivity index (χ0n) is 11.5. The molecule has 1 aromatic carbocycles.